The maximum Gasteiger partial charge on any atom is 0.164 e. The Bertz CT molecular complexity index is 2060. The first-order valence-electron chi connectivity index (χ1n) is 15.6. The molecular weight excluding hydrogens is 577 g/mol. The highest BCUT2D eigenvalue weighted by Crippen LogP contribution is 2.30. The molecule has 0 saturated carbocycles. The fraction of sp³-hybridized carbons (Fsp3) is 0.0732. The molecule has 0 radical (unpaired) electrons. The maximum absolute atomic E-state index is 5.11. The summed E-state index contributed by atoms with van der Waals surface area (Å²) < 4.78 is 0. The summed E-state index contributed by atoms with van der Waals surface area (Å²) in [5.74, 6) is 1.91. The van der Waals surface area contributed by atoms with Gasteiger partial charge in [0.15, 0.2) is 17.5 Å². The third kappa shape index (κ3) is 6.32. The van der Waals surface area contributed by atoms with Crippen molar-refractivity contribution in [1.82, 2.24) is 19.9 Å². The average Bonchev–Trinajstić information content (AvgIpc) is 3.12. The Labute approximate surface area is 271 Å². The van der Waals surface area contributed by atoms with Crippen LogP contribution in [0.5, 0.6) is 0 Å². The Balaban J connectivity index is 1.23. The van der Waals surface area contributed by atoms with E-state index in [2.05, 4.69) is 98.5 Å². The minimum atomic E-state index is -1.34. The lowest BCUT2D eigenvalue weighted by Gasteiger charge is -2.17. The van der Waals surface area contributed by atoms with Crippen LogP contribution >= 0.6 is 0 Å². The molecule has 0 amide bonds. The molecule has 2 heterocycles. The quantitative estimate of drug-likeness (QED) is 0.169. The molecule has 0 aliphatic heterocycles. The number of nitrogens with zero attached hydrogens (tertiary/aromatic N) is 4. The third-order valence-electron chi connectivity index (χ3n) is 8.11. The van der Waals surface area contributed by atoms with Crippen molar-refractivity contribution in [2.45, 2.75) is 19.6 Å². The summed E-state index contributed by atoms with van der Waals surface area (Å²) in [5.41, 5.74) is 9.12. The van der Waals surface area contributed by atoms with Crippen LogP contribution in [0.15, 0.2) is 152 Å². The van der Waals surface area contributed by atoms with Crippen molar-refractivity contribution >= 4 is 13.3 Å². The number of benzene rings is 5. The average molecular weight is 611 g/mol. The van der Waals surface area contributed by atoms with Crippen molar-refractivity contribution in [2.24, 2.45) is 0 Å². The van der Waals surface area contributed by atoms with Gasteiger partial charge in [-0.15, -0.1) is 0 Å². The molecule has 7 rings (SSSR count). The summed E-state index contributed by atoms with van der Waals surface area (Å²) in [4.78, 5) is 19.8. The summed E-state index contributed by atoms with van der Waals surface area (Å²) in [6, 6.07) is 52.3. The predicted molar refractivity (Wildman–Crippen MR) is 193 cm³/mol. The summed E-state index contributed by atoms with van der Waals surface area (Å²) in [7, 11) is -1.34. The molecule has 4 nitrogen and oxygen atoms in total. The molecule has 0 unspecified atom stereocenters. The molecule has 0 fully saturated rings. The largest absolute Gasteiger partial charge is 0.248 e. The minimum Gasteiger partial charge on any atom is -0.248 e. The van der Waals surface area contributed by atoms with Gasteiger partial charge < -0.3 is 0 Å². The Kier molecular flexibility index (Phi) is 7.91. The van der Waals surface area contributed by atoms with E-state index in [0.717, 1.165) is 39.2 Å². The second kappa shape index (κ2) is 12.5. The Morgan fingerprint density at radius 2 is 0.739 bits per heavy atom. The highest BCUT2D eigenvalue weighted by molar-refractivity contribution is 6.88. The molecule has 46 heavy (non-hydrogen) atoms. The van der Waals surface area contributed by atoms with E-state index >= 15 is 0 Å². The van der Waals surface area contributed by atoms with E-state index in [1.807, 2.05) is 72.8 Å². The van der Waals surface area contributed by atoms with Crippen molar-refractivity contribution in [1.29, 1.82) is 0 Å². The van der Waals surface area contributed by atoms with E-state index in [9.17, 15) is 0 Å². The first-order valence-corrected chi connectivity index (χ1v) is 19.1. The zero-order valence-corrected chi connectivity index (χ0v) is 27.2. The van der Waals surface area contributed by atoms with E-state index in [1.165, 1.54) is 16.3 Å². The fourth-order valence-corrected chi connectivity index (χ4v) is 6.70. The van der Waals surface area contributed by atoms with Crippen LogP contribution in [0, 0.1) is 0 Å². The van der Waals surface area contributed by atoms with Crippen molar-refractivity contribution in [2.75, 3.05) is 0 Å². The molecule has 0 aliphatic rings. The molecule has 5 heteroatoms. The first-order chi connectivity index (χ1) is 22.4. The van der Waals surface area contributed by atoms with Crippen molar-refractivity contribution in [3.63, 3.8) is 0 Å². The molecule has 0 bridgehead atoms. The van der Waals surface area contributed by atoms with Crippen LogP contribution in [-0.2, 0) is 0 Å². The number of rotatable bonds is 7. The second-order valence-electron chi connectivity index (χ2n) is 12.4. The second-order valence-corrected chi connectivity index (χ2v) is 17.5. The van der Waals surface area contributed by atoms with E-state index in [4.69, 9.17) is 19.9 Å². The summed E-state index contributed by atoms with van der Waals surface area (Å²) >= 11 is 0. The Morgan fingerprint density at radius 3 is 1.26 bits per heavy atom. The molecule has 222 valence electrons. The number of hydrogen-bond acceptors (Lipinski definition) is 4. The third-order valence-corrected chi connectivity index (χ3v) is 10.2. The topological polar surface area (TPSA) is 51.6 Å². The summed E-state index contributed by atoms with van der Waals surface area (Å²) in [6.45, 7) is 7.14. The van der Waals surface area contributed by atoms with Gasteiger partial charge in [-0.3, -0.25) is 0 Å². The van der Waals surface area contributed by atoms with E-state index < -0.39 is 8.07 Å². The van der Waals surface area contributed by atoms with Crippen molar-refractivity contribution in [3.8, 4) is 67.8 Å². The van der Waals surface area contributed by atoms with E-state index in [-0.39, 0.29) is 0 Å². The monoisotopic (exact) mass is 610 g/mol. The maximum atomic E-state index is 5.11. The van der Waals surface area contributed by atoms with E-state index in [0.29, 0.717) is 17.5 Å². The SMILES string of the molecule is C[Si](C)(C)c1ccc(-c2cccc(-c3cccc(-c4cccc(-c5nc(-c6ccccc6)nc(-c6ccccc6)n5)c4)n3)c2)cc1. The number of aromatic nitrogens is 4. The van der Waals surface area contributed by atoms with Gasteiger partial charge >= 0.3 is 0 Å². The highest BCUT2D eigenvalue weighted by Gasteiger charge is 2.16. The van der Waals surface area contributed by atoms with Gasteiger partial charge in [0.1, 0.15) is 0 Å². The minimum absolute atomic E-state index is 0.624. The van der Waals surface area contributed by atoms with Crippen molar-refractivity contribution in [3.05, 3.63) is 152 Å². The fourth-order valence-electron chi connectivity index (χ4n) is 5.53. The van der Waals surface area contributed by atoms with Gasteiger partial charge in [0.2, 0.25) is 0 Å². The van der Waals surface area contributed by atoms with Crippen LogP contribution in [0.1, 0.15) is 0 Å². The smallest absolute Gasteiger partial charge is 0.164 e. The van der Waals surface area contributed by atoms with Gasteiger partial charge in [0.05, 0.1) is 19.5 Å². The Hall–Kier alpha value is -5.52. The predicted octanol–water partition coefficient (Wildman–Crippen LogP) is 9.81. The normalized spacial score (nSPS) is 11.4. The first kappa shape index (κ1) is 29.2. The Morgan fingerprint density at radius 1 is 0.326 bits per heavy atom. The van der Waals surface area contributed by atoms with Crippen LogP contribution in [0.25, 0.3) is 67.8 Å². The van der Waals surface area contributed by atoms with Gasteiger partial charge in [0.25, 0.3) is 0 Å². The van der Waals surface area contributed by atoms with Crippen LogP contribution in [0.2, 0.25) is 19.6 Å². The van der Waals surface area contributed by atoms with Gasteiger partial charge in [0, 0.05) is 27.8 Å². The summed E-state index contributed by atoms with van der Waals surface area (Å²) in [6.07, 6.45) is 0. The standard InChI is InChI=1S/C41H34N4Si/c1-46(2,3)36-25-23-29(24-26-36)32-17-10-18-33(27-32)37-21-12-22-38(42-37)34-19-11-20-35(28-34)41-44-39(30-13-6-4-7-14-30)43-40(45-41)31-15-8-5-9-16-31/h4-28H,1-3H3. The molecule has 2 aromatic heterocycles. The van der Waals surface area contributed by atoms with Gasteiger partial charge in [-0.05, 0) is 35.4 Å². The highest BCUT2D eigenvalue weighted by atomic mass is 28.3. The number of hydrogen-bond donors (Lipinski definition) is 0. The zero-order valence-electron chi connectivity index (χ0n) is 26.2. The zero-order chi connectivity index (χ0) is 31.5. The lowest BCUT2D eigenvalue weighted by molar-refractivity contribution is 1.07. The molecule has 0 atom stereocenters. The van der Waals surface area contributed by atoms with Gasteiger partial charge in [-0.2, -0.15) is 0 Å². The molecule has 0 aliphatic carbocycles. The molecular formula is C41H34N4Si. The molecule has 0 N–H and O–H groups in total. The van der Waals surface area contributed by atoms with Crippen LogP contribution in [0.4, 0.5) is 0 Å². The summed E-state index contributed by atoms with van der Waals surface area (Å²) in [5, 5.41) is 1.47. The lowest BCUT2D eigenvalue weighted by Crippen LogP contribution is -2.37. The number of pyridine rings is 1. The molecule has 5 aromatic carbocycles. The van der Waals surface area contributed by atoms with Gasteiger partial charge in [-0.1, -0.05) is 152 Å². The van der Waals surface area contributed by atoms with Crippen LogP contribution in [-0.4, -0.2) is 28.0 Å². The van der Waals surface area contributed by atoms with Crippen LogP contribution < -0.4 is 5.19 Å². The van der Waals surface area contributed by atoms with E-state index in [1.54, 1.807) is 0 Å². The van der Waals surface area contributed by atoms with Crippen molar-refractivity contribution < 1.29 is 0 Å². The molecule has 7 aromatic rings. The van der Waals surface area contributed by atoms with Crippen LogP contribution in [0.3, 0.4) is 0 Å². The molecule has 0 saturated heterocycles. The lowest BCUT2D eigenvalue weighted by atomic mass is 10.0. The van der Waals surface area contributed by atoms with Gasteiger partial charge in [-0.25, -0.2) is 19.9 Å². The molecule has 0 spiro atoms.